The molecule has 0 radical (unpaired) electrons. The minimum absolute atomic E-state index is 0.0646. The van der Waals surface area contributed by atoms with Crippen LogP contribution in [0, 0.1) is 6.92 Å². The normalized spacial score (nSPS) is 11.9. The molecule has 0 aliphatic heterocycles. The zero-order valence-corrected chi connectivity index (χ0v) is 16.9. The Balaban J connectivity index is 2.02. The lowest BCUT2D eigenvalue weighted by Crippen LogP contribution is -2.25. The quantitative estimate of drug-likeness (QED) is 0.430. The molecule has 1 atom stereocenters. The van der Waals surface area contributed by atoms with Gasteiger partial charge in [0.15, 0.2) is 0 Å². The number of ether oxygens (including phenoxy) is 1. The monoisotopic (exact) mass is 365 g/mol. The molecule has 0 bridgehead atoms. The minimum Gasteiger partial charge on any atom is -0.508 e. The van der Waals surface area contributed by atoms with E-state index in [2.05, 4.69) is 57.0 Å². The van der Waals surface area contributed by atoms with Crippen molar-refractivity contribution in [1.82, 2.24) is 0 Å². The summed E-state index contributed by atoms with van der Waals surface area (Å²) in [4.78, 5) is 2.14. The van der Waals surface area contributed by atoms with Crippen LogP contribution in [-0.2, 0) is 0 Å². The second kappa shape index (κ2) is 9.31. The standard InChI is InChI=1S/C24H31NO2/c1-7-23(27-24-14-18(4)13-21(16-24)17(2)3)11-12-25(6)22-10-8-9-20(15-22)19(5)26/h7-10,13-17,23,26H,1,5,11-12H2,2-4,6H3. The average Bonchev–Trinajstić information content (AvgIpc) is 2.64. The highest BCUT2D eigenvalue weighted by Gasteiger charge is 2.11. The number of rotatable bonds is 9. The fraction of sp³-hybridized carbons (Fsp3) is 0.333. The van der Waals surface area contributed by atoms with Crippen molar-refractivity contribution in [3.8, 4) is 5.75 Å². The average molecular weight is 366 g/mol. The van der Waals surface area contributed by atoms with Crippen LogP contribution in [0.1, 0.15) is 42.9 Å². The van der Waals surface area contributed by atoms with Gasteiger partial charge in [-0.1, -0.05) is 51.3 Å². The summed E-state index contributed by atoms with van der Waals surface area (Å²) < 4.78 is 6.18. The number of hydrogen-bond donors (Lipinski definition) is 1. The molecule has 0 saturated carbocycles. The van der Waals surface area contributed by atoms with E-state index in [0.717, 1.165) is 30.0 Å². The maximum absolute atomic E-state index is 9.59. The second-order valence-corrected chi connectivity index (χ2v) is 7.33. The van der Waals surface area contributed by atoms with E-state index in [1.165, 1.54) is 11.1 Å². The van der Waals surface area contributed by atoms with Crippen LogP contribution in [0.5, 0.6) is 5.75 Å². The predicted octanol–water partition coefficient (Wildman–Crippen LogP) is 6.11. The first-order valence-electron chi connectivity index (χ1n) is 9.40. The molecule has 3 nitrogen and oxygen atoms in total. The van der Waals surface area contributed by atoms with E-state index >= 15 is 0 Å². The molecule has 27 heavy (non-hydrogen) atoms. The Morgan fingerprint density at radius 2 is 1.96 bits per heavy atom. The van der Waals surface area contributed by atoms with Crippen molar-refractivity contribution in [3.63, 3.8) is 0 Å². The molecular weight excluding hydrogens is 334 g/mol. The van der Waals surface area contributed by atoms with Crippen molar-refractivity contribution >= 4 is 11.4 Å². The van der Waals surface area contributed by atoms with Crippen LogP contribution in [0.3, 0.4) is 0 Å². The highest BCUT2D eigenvalue weighted by atomic mass is 16.5. The molecule has 0 fully saturated rings. The summed E-state index contributed by atoms with van der Waals surface area (Å²) in [6.45, 7) is 14.8. The molecular formula is C24H31NO2. The van der Waals surface area contributed by atoms with Crippen molar-refractivity contribution in [1.29, 1.82) is 0 Å². The molecule has 3 heteroatoms. The van der Waals surface area contributed by atoms with E-state index in [4.69, 9.17) is 4.74 Å². The van der Waals surface area contributed by atoms with Crippen molar-refractivity contribution in [2.75, 3.05) is 18.5 Å². The van der Waals surface area contributed by atoms with Gasteiger partial charge in [0.2, 0.25) is 0 Å². The molecule has 0 aliphatic rings. The van der Waals surface area contributed by atoms with Crippen molar-refractivity contribution in [2.45, 2.75) is 39.2 Å². The third-order valence-electron chi connectivity index (χ3n) is 4.66. The molecule has 144 valence electrons. The molecule has 1 unspecified atom stereocenters. The number of aliphatic hydroxyl groups excluding tert-OH is 1. The lowest BCUT2D eigenvalue weighted by atomic mass is 10.0. The van der Waals surface area contributed by atoms with Crippen LogP contribution in [0.25, 0.3) is 5.76 Å². The first-order chi connectivity index (χ1) is 12.8. The van der Waals surface area contributed by atoms with Gasteiger partial charge in [-0.05, 0) is 48.2 Å². The molecule has 1 N–H and O–H groups in total. The molecule has 2 aromatic carbocycles. The molecule has 0 heterocycles. The number of hydrogen-bond acceptors (Lipinski definition) is 3. The summed E-state index contributed by atoms with van der Waals surface area (Å²) in [5.41, 5.74) is 4.25. The summed E-state index contributed by atoms with van der Waals surface area (Å²) in [6, 6.07) is 14.1. The third kappa shape index (κ3) is 5.92. The van der Waals surface area contributed by atoms with Gasteiger partial charge in [0, 0.05) is 31.3 Å². The Labute approximate surface area is 163 Å². The largest absolute Gasteiger partial charge is 0.508 e. The van der Waals surface area contributed by atoms with E-state index in [1.807, 2.05) is 37.4 Å². The molecule has 0 aliphatic carbocycles. The van der Waals surface area contributed by atoms with Crippen LogP contribution in [0.15, 0.2) is 61.7 Å². The van der Waals surface area contributed by atoms with Gasteiger partial charge in [-0.15, -0.1) is 0 Å². The maximum Gasteiger partial charge on any atom is 0.120 e. The van der Waals surface area contributed by atoms with Crippen LogP contribution >= 0.6 is 0 Å². The van der Waals surface area contributed by atoms with Crippen LogP contribution in [0.4, 0.5) is 5.69 Å². The number of nitrogens with zero attached hydrogens (tertiary/aromatic N) is 1. The summed E-state index contributed by atoms with van der Waals surface area (Å²) >= 11 is 0. The van der Waals surface area contributed by atoms with E-state index in [-0.39, 0.29) is 11.9 Å². The van der Waals surface area contributed by atoms with Gasteiger partial charge >= 0.3 is 0 Å². The first kappa shape index (κ1) is 20.6. The fourth-order valence-corrected chi connectivity index (χ4v) is 2.95. The SMILES string of the molecule is C=CC(CCN(C)c1cccc(C(=C)O)c1)Oc1cc(C)cc(C(C)C)c1. The third-order valence-corrected chi connectivity index (χ3v) is 4.66. The van der Waals surface area contributed by atoms with E-state index < -0.39 is 0 Å². The van der Waals surface area contributed by atoms with Gasteiger partial charge in [0.1, 0.15) is 17.6 Å². The van der Waals surface area contributed by atoms with Crippen molar-refractivity contribution < 1.29 is 9.84 Å². The second-order valence-electron chi connectivity index (χ2n) is 7.33. The smallest absolute Gasteiger partial charge is 0.120 e. The molecule has 0 amide bonds. The van der Waals surface area contributed by atoms with Gasteiger partial charge in [-0.2, -0.15) is 0 Å². The number of anilines is 1. The van der Waals surface area contributed by atoms with Gasteiger partial charge < -0.3 is 14.7 Å². The number of aliphatic hydroxyl groups is 1. The molecule has 0 saturated heterocycles. The Kier molecular flexibility index (Phi) is 7.12. The summed E-state index contributed by atoms with van der Waals surface area (Å²) in [6.07, 6.45) is 2.61. The minimum atomic E-state index is -0.0646. The highest BCUT2D eigenvalue weighted by Crippen LogP contribution is 2.25. The van der Waals surface area contributed by atoms with Gasteiger partial charge in [0.25, 0.3) is 0 Å². The van der Waals surface area contributed by atoms with E-state index in [1.54, 1.807) is 0 Å². The predicted molar refractivity (Wildman–Crippen MR) is 116 cm³/mol. The van der Waals surface area contributed by atoms with Gasteiger partial charge in [0.05, 0.1) is 0 Å². The zero-order chi connectivity index (χ0) is 20.0. The van der Waals surface area contributed by atoms with E-state index in [9.17, 15) is 5.11 Å². The van der Waals surface area contributed by atoms with Gasteiger partial charge in [-0.25, -0.2) is 0 Å². The Bertz CT molecular complexity index is 795. The first-order valence-corrected chi connectivity index (χ1v) is 9.40. The molecule has 2 rings (SSSR count). The van der Waals surface area contributed by atoms with E-state index in [0.29, 0.717) is 5.92 Å². The number of benzene rings is 2. The van der Waals surface area contributed by atoms with Crippen LogP contribution in [-0.4, -0.2) is 24.8 Å². The summed E-state index contributed by atoms with van der Waals surface area (Å²) in [5, 5.41) is 9.59. The maximum atomic E-state index is 9.59. The zero-order valence-electron chi connectivity index (χ0n) is 16.9. The van der Waals surface area contributed by atoms with Gasteiger partial charge in [-0.3, -0.25) is 0 Å². The van der Waals surface area contributed by atoms with Crippen molar-refractivity contribution in [2.24, 2.45) is 0 Å². The Morgan fingerprint density at radius 1 is 1.22 bits per heavy atom. The van der Waals surface area contributed by atoms with Crippen LogP contribution in [0.2, 0.25) is 0 Å². The fourth-order valence-electron chi connectivity index (χ4n) is 2.95. The molecule has 2 aromatic rings. The highest BCUT2D eigenvalue weighted by molar-refractivity contribution is 5.62. The summed E-state index contributed by atoms with van der Waals surface area (Å²) in [5.74, 6) is 1.44. The Hall–Kier alpha value is -2.68. The Morgan fingerprint density at radius 3 is 2.59 bits per heavy atom. The molecule has 0 aromatic heterocycles. The summed E-state index contributed by atoms with van der Waals surface area (Å²) in [7, 11) is 2.03. The number of aryl methyl sites for hydroxylation is 1. The topological polar surface area (TPSA) is 32.7 Å². The van der Waals surface area contributed by atoms with Crippen LogP contribution < -0.4 is 9.64 Å². The molecule has 0 spiro atoms. The lowest BCUT2D eigenvalue weighted by Gasteiger charge is -2.23. The lowest BCUT2D eigenvalue weighted by molar-refractivity contribution is 0.240. The van der Waals surface area contributed by atoms with Crippen molar-refractivity contribution in [3.05, 3.63) is 78.4 Å².